The molecule has 0 aromatic heterocycles. The number of ketones is 2. The monoisotopic (exact) mass is 1590 g/mol. The molecule has 0 radical (unpaired) electrons. The first-order chi connectivity index (χ1) is 49.3. The molecule has 3 aromatic rings. The van der Waals surface area contributed by atoms with Crippen molar-refractivity contribution in [1.82, 2.24) is 10.6 Å². The van der Waals surface area contributed by atoms with Gasteiger partial charge in [-0.15, -0.1) is 0 Å². The van der Waals surface area contributed by atoms with Gasteiger partial charge in [-0.2, -0.15) is 0 Å². The Labute approximate surface area is 623 Å². The molecule has 0 aliphatic heterocycles. The number of alkyl halides is 2. The van der Waals surface area contributed by atoms with Gasteiger partial charge >= 0.3 is 66.1 Å². The minimum absolute atomic E-state index is 0.0563. The van der Waals surface area contributed by atoms with E-state index in [1.807, 2.05) is 55.5 Å². The molecule has 3 amide bonds. The molecule has 0 heterocycles. The fourth-order valence-corrected chi connectivity index (χ4v) is 8.96. The highest BCUT2D eigenvalue weighted by Crippen LogP contribution is 2.24. The van der Waals surface area contributed by atoms with Crippen LogP contribution in [0.3, 0.4) is 0 Å². The number of esters is 8. The van der Waals surface area contributed by atoms with E-state index in [9.17, 15) is 67.1 Å². The van der Waals surface area contributed by atoms with Crippen molar-refractivity contribution in [1.29, 1.82) is 0 Å². The first kappa shape index (κ1) is 91.1. The lowest BCUT2D eigenvalue weighted by Gasteiger charge is -2.26. The Balaban J connectivity index is 0.000000712. The number of carbonyl (C=O) groups is 14. The summed E-state index contributed by atoms with van der Waals surface area (Å²) in [5, 5.41) is 9.33. The van der Waals surface area contributed by atoms with Gasteiger partial charge in [-0.25, -0.2) is 33.6 Å². The minimum atomic E-state index is -1.53. The van der Waals surface area contributed by atoms with Crippen molar-refractivity contribution in [2.75, 3.05) is 75.4 Å². The number of hydrogen-bond acceptors (Lipinski definition) is 26. The van der Waals surface area contributed by atoms with Gasteiger partial charge in [0, 0.05) is 75.0 Å². The van der Waals surface area contributed by atoms with E-state index in [0.29, 0.717) is 106 Å². The Bertz CT molecular complexity index is 3260. The molecule has 31 heteroatoms. The molecule has 0 saturated heterocycles. The average molecular weight is 1590 g/mol. The van der Waals surface area contributed by atoms with Crippen LogP contribution in [0.4, 0.5) is 20.1 Å². The number of anilines is 1. The SMILES string of the molecule is CC(=O)NCc1ccc(NC(=O)NCCCCCOC(=O)C(C)OC(=O)C(C)OC(=O)OCC(C)(COC(C)=O)C(=O)OCCCBr)cc1.CC(=O)OCC(C)(COC(=O)OC(C)C(=O)OC(C)C(=O)OCCCCCCC(=O)Cc1ccc(CCC(=O)c2ccc(C)cc2)cc1)C(=O)OCCCBr. The highest BCUT2D eigenvalue weighted by molar-refractivity contribution is 9.09. The third kappa shape index (κ3) is 39.6. The Morgan fingerprint density at radius 3 is 1.32 bits per heavy atom. The highest BCUT2D eigenvalue weighted by Gasteiger charge is 2.41. The topological polar surface area (TPSA) is 386 Å². The van der Waals surface area contributed by atoms with E-state index >= 15 is 0 Å². The molecule has 6 unspecified atom stereocenters. The summed E-state index contributed by atoms with van der Waals surface area (Å²) in [6.07, 6.45) is -0.662. The third-order valence-corrected chi connectivity index (χ3v) is 15.9. The lowest BCUT2D eigenvalue weighted by atomic mass is 9.93. The molecule has 3 rings (SSSR count). The maximum atomic E-state index is 12.6. The van der Waals surface area contributed by atoms with Crippen molar-refractivity contribution in [2.24, 2.45) is 10.8 Å². The molecule has 576 valence electrons. The van der Waals surface area contributed by atoms with Crippen molar-refractivity contribution >= 4 is 121 Å². The predicted molar refractivity (Wildman–Crippen MR) is 382 cm³/mol. The summed E-state index contributed by atoms with van der Waals surface area (Å²) in [4.78, 5) is 170. The molecule has 0 bridgehead atoms. The number of rotatable bonds is 46. The first-order valence-electron chi connectivity index (χ1n) is 34.0. The number of benzene rings is 3. The van der Waals surface area contributed by atoms with E-state index in [-0.39, 0.29) is 49.9 Å². The van der Waals surface area contributed by atoms with E-state index in [4.69, 9.17) is 56.8 Å². The van der Waals surface area contributed by atoms with Crippen LogP contribution in [0.5, 0.6) is 0 Å². The number of hydrogen-bond donors (Lipinski definition) is 3. The highest BCUT2D eigenvalue weighted by atomic mass is 79.9. The van der Waals surface area contributed by atoms with Crippen molar-refractivity contribution in [2.45, 2.75) is 184 Å². The fourth-order valence-electron chi connectivity index (χ4n) is 8.51. The molecule has 6 atom stereocenters. The number of ether oxygens (including phenoxy) is 12. The molecule has 0 fully saturated rings. The summed E-state index contributed by atoms with van der Waals surface area (Å²) in [6.45, 7) is 12.7. The second kappa shape index (κ2) is 50.4. The smallest absolute Gasteiger partial charge is 0.465 e. The van der Waals surface area contributed by atoms with Crippen LogP contribution in [0.2, 0.25) is 0 Å². The van der Waals surface area contributed by atoms with E-state index in [1.54, 1.807) is 24.3 Å². The van der Waals surface area contributed by atoms with Crippen molar-refractivity contribution < 1.29 is 124 Å². The Morgan fingerprint density at radius 1 is 0.433 bits per heavy atom. The minimum Gasteiger partial charge on any atom is -0.465 e. The van der Waals surface area contributed by atoms with Gasteiger partial charge in [0.25, 0.3) is 0 Å². The van der Waals surface area contributed by atoms with E-state index < -0.39 is 122 Å². The second-order valence-electron chi connectivity index (χ2n) is 24.7. The van der Waals surface area contributed by atoms with E-state index in [1.165, 1.54) is 48.5 Å². The van der Waals surface area contributed by atoms with Crippen LogP contribution < -0.4 is 16.0 Å². The predicted octanol–water partition coefficient (Wildman–Crippen LogP) is 10.3. The average Bonchev–Trinajstić information content (AvgIpc) is 0.856. The van der Waals surface area contributed by atoms with Gasteiger partial charge in [-0.1, -0.05) is 111 Å². The van der Waals surface area contributed by atoms with Crippen LogP contribution in [0.25, 0.3) is 0 Å². The number of amides is 3. The van der Waals surface area contributed by atoms with E-state index in [0.717, 1.165) is 48.9 Å². The number of unbranched alkanes of at least 4 members (excludes halogenated alkanes) is 5. The van der Waals surface area contributed by atoms with Gasteiger partial charge in [0.2, 0.25) is 5.91 Å². The van der Waals surface area contributed by atoms with E-state index in [2.05, 4.69) is 47.8 Å². The third-order valence-electron chi connectivity index (χ3n) is 14.8. The summed E-state index contributed by atoms with van der Waals surface area (Å²) in [6, 6.07) is 22.0. The van der Waals surface area contributed by atoms with Crippen LogP contribution >= 0.6 is 31.9 Å². The molecule has 0 spiro atoms. The molecule has 29 nitrogen and oxygen atoms in total. The van der Waals surface area contributed by atoms with Crippen LogP contribution in [-0.4, -0.2) is 178 Å². The van der Waals surface area contributed by atoms with Gasteiger partial charge in [-0.3, -0.25) is 33.6 Å². The maximum absolute atomic E-state index is 12.6. The zero-order chi connectivity index (χ0) is 77.6. The van der Waals surface area contributed by atoms with Gasteiger partial charge in [0.15, 0.2) is 30.2 Å². The summed E-state index contributed by atoms with van der Waals surface area (Å²) < 4.78 is 60.4. The molecule has 0 saturated carbocycles. The number of urea groups is 1. The first-order valence-corrected chi connectivity index (χ1v) is 36.3. The number of aryl methyl sites for hydroxylation is 2. The maximum Gasteiger partial charge on any atom is 0.509 e. The molecule has 0 aliphatic carbocycles. The standard InChI is InChI=1S/C41H53BrO13.C32H46BrN3O13/c1-28-12-19-34(20-13-28)36(45)21-18-32-14-16-33(17-15-32)25-35(44)11-8-6-7-9-23-50-37(46)29(2)54-38(47)30(3)55-40(49)53-27-41(5,26-52-31(4)43)39(48)51-24-10-22-42;1-21(27(39)44-16-8-6-7-15-34-30(42)36-26-12-10-25(11-13-26)18-35-23(3)37)48-28(40)22(2)49-31(43)47-20-32(5,19-46-24(4)38)29(41)45-17-9-14-33/h12-17,19-20,29-30H,6-11,18,21-27H2,1-5H3;10-13,21-22H,6-9,14-20H2,1-5H3,(H,35,37)(H2,34,36,42). The van der Waals surface area contributed by atoms with Crippen LogP contribution in [-0.2, 0) is 124 Å². The zero-order valence-corrected chi connectivity index (χ0v) is 64.0. The Morgan fingerprint density at radius 2 is 0.856 bits per heavy atom. The van der Waals surface area contributed by atoms with Crippen molar-refractivity contribution in [3.8, 4) is 0 Å². The van der Waals surface area contributed by atoms with Crippen LogP contribution in [0, 0.1) is 17.8 Å². The lowest BCUT2D eigenvalue weighted by molar-refractivity contribution is -0.173. The number of halogens is 2. The van der Waals surface area contributed by atoms with Gasteiger partial charge < -0.3 is 72.8 Å². The van der Waals surface area contributed by atoms with Gasteiger partial charge in [0.05, 0.1) is 26.4 Å². The van der Waals surface area contributed by atoms with Crippen LogP contribution in [0.15, 0.2) is 72.8 Å². The zero-order valence-electron chi connectivity index (χ0n) is 60.8. The molecule has 3 aromatic carbocycles. The van der Waals surface area contributed by atoms with Gasteiger partial charge in [0.1, 0.15) is 43.0 Å². The molecular formula is C73H99Br2N3O26. The fraction of sp³-hybridized carbons (Fsp3) is 0.562. The van der Waals surface area contributed by atoms with Crippen molar-refractivity contribution in [3.05, 3.63) is 101 Å². The molecule has 104 heavy (non-hydrogen) atoms. The Hall–Kier alpha value is -9.00. The normalized spacial score (nSPS) is 13.0. The second-order valence-corrected chi connectivity index (χ2v) is 26.2. The lowest BCUT2D eigenvalue weighted by Crippen LogP contribution is -2.41. The largest absolute Gasteiger partial charge is 0.509 e. The quantitative estimate of drug-likeness (QED) is 0.0155. The molecular weight excluding hydrogens is 1490 g/mol. The van der Waals surface area contributed by atoms with Crippen molar-refractivity contribution in [3.63, 3.8) is 0 Å². The van der Waals surface area contributed by atoms with Crippen LogP contribution in [0.1, 0.15) is 166 Å². The summed E-state index contributed by atoms with van der Waals surface area (Å²) in [5.74, 6) is -6.35. The summed E-state index contributed by atoms with van der Waals surface area (Å²) >= 11 is 6.44. The van der Waals surface area contributed by atoms with Gasteiger partial charge in [-0.05, 0) is 129 Å². The number of Topliss-reactive ketones (excluding diaryl/α,β-unsaturated/α-hetero) is 2. The summed E-state index contributed by atoms with van der Waals surface area (Å²) in [7, 11) is 0. The molecule has 3 N–H and O–H groups in total. The molecule has 0 aliphatic rings. The Kier molecular flexibility index (Phi) is 44.1. The summed E-state index contributed by atoms with van der Waals surface area (Å²) in [5.41, 5.74) is 2.23. The number of nitrogens with one attached hydrogen (secondary N) is 3. The number of carbonyl (C=O) groups excluding carboxylic acids is 14.